The maximum Gasteiger partial charge on any atom is 0.350 e. The number of aliphatic hydroxyl groups excluding tert-OH is 1. The third kappa shape index (κ3) is 12.7. The molecule has 1 heterocycles. The zero-order valence-electron chi connectivity index (χ0n) is 45.5. The van der Waals surface area contributed by atoms with Crippen LogP contribution in [0.25, 0.3) is 10.4 Å². The van der Waals surface area contributed by atoms with Gasteiger partial charge in [0.2, 0.25) is 6.10 Å². The number of azide groups is 1. The number of benzene rings is 3. The van der Waals surface area contributed by atoms with Gasteiger partial charge in [0, 0.05) is 55.7 Å². The van der Waals surface area contributed by atoms with E-state index in [9.17, 15) is 39.0 Å². The van der Waals surface area contributed by atoms with Gasteiger partial charge in [0.15, 0.2) is 23.3 Å². The Labute approximate surface area is 462 Å². The molecule has 0 aromatic heterocycles. The van der Waals surface area contributed by atoms with Crippen LogP contribution >= 0.6 is 0 Å². The molecule has 1 saturated heterocycles. The second-order valence-electron chi connectivity index (χ2n) is 21.3. The Morgan fingerprint density at radius 1 is 0.812 bits per heavy atom. The zero-order chi connectivity index (χ0) is 58.0. The third-order valence-corrected chi connectivity index (χ3v) is 15.8. The molecule has 0 radical (unpaired) electrons. The van der Waals surface area contributed by atoms with Gasteiger partial charge in [-0.15, -0.1) is 0 Å². The molecule has 3 N–H and O–H groups in total. The van der Waals surface area contributed by atoms with Crippen molar-refractivity contribution in [2.45, 2.75) is 134 Å². The minimum Gasteiger partial charge on any atom is -0.455 e. The third-order valence-electron chi connectivity index (χ3n) is 15.8. The Morgan fingerprint density at radius 3 is 2.05 bits per heavy atom. The lowest BCUT2D eigenvalue weighted by Crippen LogP contribution is -2.82. The van der Waals surface area contributed by atoms with Gasteiger partial charge < -0.3 is 53.4 Å². The van der Waals surface area contributed by atoms with Gasteiger partial charge in [0.05, 0.1) is 29.6 Å². The lowest BCUT2D eigenvalue weighted by molar-refractivity contribution is -0.346. The minimum atomic E-state index is -2.52. The first-order valence-corrected chi connectivity index (χ1v) is 26.5. The zero-order valence-corrected chi connectivity index (χ0v) is 45.5. The van der Waals surface area contributed by atoms with Crippen molar-refractivity contribution >= 4 is 47.3 Å². The number of nitrogens with one attached hydrogen (secondary N) is 1. The van der Waals surface area contributed by atoms with Crippen molar-refractivity contribution in [2.24, 2.45) is 21.9 Å². The SMILES string of the molecule is CC(=O)O[C@H]1C(=O)[C@@]2(C)C(C(OC(=O)c3ccccc3)[C@]3(O)C[C@H](OC(=O)[C@H](OC(=O)COCC(=O)COCCCCCCN=[N+]=[N-])[C@@H](NC(=O)c4ccccc4)c4ccccc4)C(C)=C1C3(C)C)[C@]1(OC(C)=O)CO[C@@H]1C[C@@H]2O. The number of hydrogen-bond acceptors (Lipinski definition) is 19. The van der Waals surface area contributed by atoms with E-state index in [0.29, 0.717) is 13.0 Å². The Balaban J connectivity index is 1.28. The fourth-order valence-electron chi connectivity index (χ4n) is 11.7. The van der Waals surface area contributed by atoms with E-state index in [-0.39, 0.29) is 54.1 Å². The van der Waals surface area contributed by atoms with Crippen molar-refractivity contribution in [3.05, 3.63) is 129 Å². The standard InChI is InChI=1S/C58H68N4O18/c1-34-41(77-54(71)48(46(37-20-12-9-13-21-37)61-52(69)38-22-14-10-15-23-38)78-44(67)32-74-31-40(65)30-73-27-19-8-7-18-26-60-62-59)29-58(72)51(79-53(70)39-24-16-11-17-25-39)49-56(6,42(66)28-43-57(49,33-75-43)80-36(3)64)50(68)47(76-35(2)63)45(34)55(58,4)5/h9-17,20-25,41-43,46-49,51,66,72H,7-8,18-19,26-33H2,1-6H3,(H,61,69)/t41-,42-,43+,46-,47+,48+,49?,51?,56+,57-,58+/m0/s1. The maximum atomic E-state index is 15.8. The minimum absolute atomic E-state index is 0.0190. The van der Waals surface area contributed by atoms with Gasteiger partial charge in [-0.3, -0.25) is 24.0 Å². The summed E-state index contributed by atoms with van der Waals surface area (Å²) in [5.74, 6) is -9.00. The first-order valence-electron chi connectivity index (χ1n) is 26.5. The van der Waals surface area contributed by atoms with Gasteiger partial charge in [0.1, 0.15) is 49.8 Å². The summed E-state index contributed by atoms with van der Waals surface area (Å²) in [5, 5.41) is 32.5. The van der Waals surface area contributed by atoms with Crippen LogP contribution in [-0.4, -0.2) is 145 Å². The largest absolute Gasteiger partial charge is 0.455 e. The molecule has 3 fully saturated rings. The van der Waals surface area contributed by atoms with Gasteiger partial charge >= 0.3 is 29.8 Å². The molecule has 11 atom stereocenters. The van der Waals surface area contributed by atoms with Crippen LogP contribution in [-0.2, 0) is 66.7 Å². The summed E-state index contributed by atoms with van der Waals surface area (Å²) < 4.78 is 47.6. The molecule has 428 valence electrons. The van der Waals surface area contributed by atoms with E-state index in [0.717, 1.165) is 33.1 Å². The molecule has 3 aromatic carbocycles. The number of ketones is 2. The van der Waals surface area contributed by atoms with Gasteiger partial charge in [-0.1, -0.05) is 98.5 Å². The Morgan fingerprint density at radius 2 is 1.44 bits per heavy atom. The number of unbranched alkanes of at least 4 members (excludes halogenated alkanes) is 3. The number of rotatable bonds is 24. The average molecular weight is 1110 g/mol. The number of amides is 1. The molecule has 7 rings (SSSR count). The lowest BCUT2D eigenvalue weighted by Gasteiger charge is -2.67. The van der Waals surface area contributed by atoms with Gasteiger partial charge in [0.25, 0.3) is 5.91 Å². The van der Waals surface area contributed by atoms with Crippen LogP contribution in [0.3, 0.4) is 0 Å². The highest BCUT2D eigenvalue weighted by atomic mass is 16.6. The molecule has 1 aliphatic heterocycles. The molecule has 2 saturated carbocycles. The average Bonchev–Trinajstić information content (AvgIpc) is 3.62. The van der Waals surface area contributed by atoms with Crippen LogP contribution < -0.4 is 5.32 Å². The first kappa shape index (κ1) is 60.3. The number of carbonyl (C=O) groups excluding carboxylic acids is 8. The van der Waals surface area contributed by atoms with Crippen LogP contribution in [0.5, 0.6) is 0 Å². The second-order valence-corrected chi connectivity index (χ2v) is 21.3. The summed E-state index contributed by atoms with van der Waals surface area (Å²) >= 11 is 0. The topological polar surface area (TPSA) is 312 Å². The molecule has 3 aromatic rings. The van der Waals surface area contributed by atoms with Crippen molar-refractivity contribution in [2.75, 3.05) is 39.6 Å². The Kier molecular flexibility index (Phi) is 19.5. The highest BCUT2D eigenvalue weighted by Crippen LogP contribution is 2.64. The van der Waals surface area contributed by atoms with Crippen molar-refractivity contribution in [1.29, 1.82) is 0 Å². The lowest BCUT2D eigenvalue weighted by atomic mass is 9.44. The number of hydrogen-bond donors (Lipinski definition) is 3. The molecule has 22 nitrogen and oxygen atoms in total. The van der Waals surface area contributed by atoms with Gasteiger partial charge in [-0.05, 0) is 73.2 Å². The van der Waals surface area contributed by atoms with Crippen LogP contribution in [0, 0.1) is 16.7 Å². The predicted molar refractivity (Wildman–Crippen MR) is 281 cm³/mol. The fourth-order valence-corrected chi connectivity index (χ4v) is 11.7. The maximum absolute atomic E-state index is 15.8. The highest BCUT2D eigenvalue weighted by Gasteiger charge is 2.78. The Bertz CT molecular complexity index is 2860. The quantitative estimate of drug-likeness (QED) is 0.0183. The molecular weight excluding hydrogens is 1040 g/mol. The van der Waals surface area contributed by atoms with Crippen molar-refractivity contribution < 1.29 is 86.5 Å². The van der Waals surface area contributed by atoms with Crippen LogP contribution in [0.15, 0.2) is 107 Å². The van der Waals surface area contributed by atoms with Gasteiger partial charge in [-0.25, -0.2) is 14.4 Å². The number of carbonyl (C=O) groups is 8. The number of nitrogens with zero attached hydrogens (tertiary/aromatic N) is 3. The summed E-state index contributed by atoms with van der Waals surface area (Å²) in [5.41, 5.74) is 0.593. The van der Waals surface area contributed by atoms with Gasteiger partial charge in [-0.2, -0.15) is 0 Å². The van der Waals surface area contributed by atoms with E-state index in [4.69, 9.17) is 43.4 Å². The summed E-state index contributed by atoms with van der Waals surface area (Å²) in [6.45, 7) is 6.61. The highest BCUT2D eigenvalue weighted by molar-refractivity contribution is 5.96. The molecule has 2 unspecified atom stereocenters. The number of Topliss-reactive ketones (excluding diaryl/α,β-unsaturated/α-hetero) is 2. The van der Waals surface area contributed by atoms with E-state index in [1.807, 2.05) is 0 Å². The summed E-state index contributed by atoms with van der Waals surface area (Å²) in [7, 11) is 0. The van der Waals surface area contributed by atoms with E-state index < -0.39 is 138 Å². The van der Waals surface area contributed by atoms with E-state index in [1.54, 1.807) is 66.7 Å². The van der Waals surface area contributed by atoms with Crippen LogP contribution in [0.2, 0.25) is 0 Å². The molecule has 2 bridgehead atoms. The number of ether oxygens (including phenoxy) is 8. The molecule has 22 heteroatoms. The summed E-state index contributed by atoms with van der Waals surface area (Å²) in [6, 6.07) is 22.2. The van der Waals surface area contributed by atoms with Crippen molar-refractivity contribution in [1.82, 2.24) is 5.32 Å². The smallest absolute Gasteiger partial charge is 0.350 e. The molecule has 3 aliphatic carbocycles. The summed E-state index contributed by atoms with van der Waals surface area (Å²) in [6.07, 6.45) is -8.24. The van der Waals surface area contributed by atoms with E-state index >= 15 is 9.59 Å². The molecule has 4 aliphatic rings. The first-order chi connectivity index (χ1) is 38.1. The van der Waals surface area contributed by atoms with E-state index in [2.05, 4.69) is 15.3 Å². The number of esters is 5. The summed E-state index contributed by atoms with van der Waals surface area (Å²) in [4.78, 5) is 115. The van der Waals surface area contributed by atoms with Crippen LogP contribution in [0.4, 0.5) is 0 Å². The number of fused-ring (bicyclic) bond motifs is 5. The Hall–Kier alpha value is -7.33. The van der Waals surface area contributed by atoms with E-state index in [1.165, 1.54) is 52.0 Å². The fraction of sp³-hybridized carbons (Fsp3) is 0.517. The van der Waals surface area contributed by atoms with Crippen molar-refractivity contribution in [3.8, 4) is 0 Å². The van der Waals surface area contributed by atoms with Crippen molar-refractivity contribution in [3.63, 3.8) is 0 Å². The number of aliphatic hydroxyl groups is 2. The molecular formula is C58H68N4O18. The monoisotopic (exact) mass is 1110 g/mol. The van der Waals surface area contributed by atoms with Crippen LogP contribution in [0.1, 0.15) is 112 Å². The normalized spacial score (nSPS) is 27.1. The molecule has 80 heavy (non-hydrogen) atoms. The predicted octanol–water partition coefficient (Wildman–Crippen LogP) is 5.76. The second kappa shape index (κ2) is 25.9. The molecule has 1 amide bonds. The molecule has 0 spiro atoms.